The molecule has 2 fully saturated rings. The van der Waals surface area contributed by atoms with Crippen LogP contribution in [0.15, 0.2) is 0 Å². The number of rotatable bonds is 3. The Hall–Kier alpha value is -0.120. The van der Waals surface area contributed by atoms with E-state index in [9.17, 15) is 0 Å². The van der Waals surface area contributed by atoms with Gasteiger partial charge in [0.15, 0.2) is 0 Å². The number of likely N-dealkylation sites (tertiary alicyclic amines) is 1. The molecule has 1 aliphatic heterocycles. The summed E-state index contributed by atoms with van der Waals surface area (Å²) in [5.74, 6) is 0.992. The molecule has 0 N–H and O–H groups in total. The minimum Gasteiger partial charge on any atom is -0.381 e. The van der Waals surface area contributed by atoms with Gasteiger partial charge in [0.05, 0.1) is 12.2 Å². The average Bonchev–Trinajstić information content (AvgIpc) is 2.48. The van der Waals surface area contributed by atoms with E-state index in [-0.39, 0.29) is 0 Å². The lowest BCUT2D eigenvalue weighted by molar-refractivity contribution is 0.0408. The van der Waals surface area contributed by atoms with E-state index in [1.54, 1.807) is 7.11 Å². The largest absolute Gasteiger partial charge is 0.381 e. The van der Waals surface area contributed by atoms with E-state index in [4.69, 9.17) is 9.47 Å². The summed E-state index contributed by atoms with van der Waals surface area (Å²) in [7, 11) is 5.77. The molecule has 0 aromatic rings. The molecule has 3 nitrogen and oxygen atoms in total. The van der Waals surface area contributed by atoms with E-state index in [0.717, 1.165) is 12.5 Å². The van der Waals surface area contributed by atoms with Crippen molar-refractivity contribution in [3.8, 4) is 0 Å². The van der Waals surface area contributed by atoms with Gasteiger partial charge in [0.2, 0.25) is 0 Å². The fraction of sp³-hybridized carbons (Fsp3) is 1.00. The summed E-state index contributed by atoms with van der Waals surface area (Å²) in [5.41, 5.74) is 0. The van der Waals surface area contributed by atoms with Crippen molar-refractivity contribution in [3.63, 3.8) is 0 Å². The maximum absolute atomic E-state index is 5.28. The molecule has 1 saturated carbocycles. The molecular formula is C16H33NO2. The van der Waals surface area contributed by atoms with Gasteiger partial charge in [-0.15, -0.1) is 0 Å². The number of likely N-dealkylation sites (N-methyl/N-ethyl adjacent to an activating group) is 1. The molecule has 3 heteroatoms. The van der Waals surface area contributed by atoms with Crippen LogP contribution in [-0.4, -0.2) is 51.5 Å². The zero-order chi connectivity index (χ0) is 14.1. The van der Waals surface area contributed by atoms with Crippen LogP contribution in [0.1, 0.15) is 51.9 Å². The van der Waals surface area contributed by atoms with Crippen LogP contribution in [0.5, 0.6) is 0 Å². The summed E-state index contributed by atoms with van der Waals surface area (Å²) >= 11 is 0. The maximum atomic E-state index is 5.28. The van der Waals surface area contributed by atoms with Gasteiger partial charge < -0.3 is 14.4 Å². The number of nitrogens with zero attached hydrogens (tertiary/aromatic N) is 1. The Kier molecular flexibility index (Phi) is 8.67. The quantitative estimate of drug-likeness (QED) is 0.786. The molecule has 0 aromatic heterocycles. The van der Waals surface area contributed by atoms with Gasteiger partial charge in [0, 0.05) is 20.8 Å². The molecule has 1 saturated heterocycles. The van der Waals surface area contributed by atoms with Gasteiger partial charge in [0.1, 0.15) is 0 Å². The van der Waals surface area contributed by atoms with Crippen molar-refractivity contribution in [2.75, 3.05) is 34.4 Å². The molecule has 114 valence electrons. The van der Waals surface area contributed by atoms with Crippen molar-refractivity contribution in [1.29, 1.82) is 0 Å². The molecule has 1 aliphatic carbocycles. The van der Waals surface area contributed by atoms with E-state index >= 15 is 0 Å². The topological polar surface area (TPSA) is 21.7 Å². The van der Waals surface area contributed by atoms with Crippen LogP contribution in [0.3, 0.4) is 0 Å². The van der Waals surface area contributed by atoms with Crippen LogP contribution in [0.2, 0.25) is 0 Å². The average molecular weight is 271 g/mol. The number of methoxy groups -OCH3 is 2. The Balaban J connectivity index is 0.000000191. The fourth-order valence-electron chi connectivity index (χ4n) is 3.09. The Morgan fingerprint density at radius 3 is 2.00 bits per heavy atom. The summed E-state index contributed by atoms with van der Waals surface area (Å²) in [6.45, 7) is 4.63. The molecule has 0 bridgehead atoms. The van der Waals surface area contributed by atoms with Gasteiger partial charge in [-0.05, 0) is 58.0 Å². The molecule has 0 aromatic carbocycles. The number of piperidine rings is 1. The minimum absolute atomic E-state index is 0.490. The van der Waals surface area contributed by atoms with Crippen LogP contribution in [-0.2, 0) is 9.47 Å². The SMILES string of the molecule is CCC1CCC(OC)CC1.COC1CCCN(C)C1. The maximum Gasteiger partial charge on any atom is 0.0698 e. The highest BCUT2D eigenvalue weighted by Gasteiger charge is 2.18. The highest BCUT2D eigenvalue weighted by molar-refractivity contribution is 4.71. The lowest BCUT2D eigenvalue weighted by atomic mass is 9.86. The Labute approximate surface area is 119 Å². The lowest BCUT2D eigenvalue weighted by Crippen LogP contribution is -2.36. The van der Waals surface area contributed by atoms with Crippen molar-refractivity contribution in [2.24, 2.45) is 5.92 Å². The first kappa shape index (κ1) is 16.9. The van der Waals surface area contributed by atoms with Crippen molar-refractivity contribution in [3.05, 3.63) is 0 Å². The predicted octanol–water partition coefficient (Wildman–Crippen LogP) is 3.33. The van der Waals surface area contributed by atoms with Gasteiger partial charge in [-0.25, -0.2) is 0 Å². The van der Waals surface area contributed by atoms with Crippen LogP contribution in [0.25, 0.3) is 0 Å². The highest BCUT2D eigenvalue weighted by Crippen LogP contribution is 2.27. The van der Waals surface area contributed by atoms with Crippen molar-refractivity contribution < 1.29 is 9.47 Å². The second-order valence-electron chi connectivity index (χ2n) is 6.05. The minimum atomic E-state index is 0.490. The second-order valence-corrected chi connectivity index (χ2v) is 6.05. The summed E-state index contributed by atoms with van der Waals surface area (Å²) in [6.07, 6.45) is 10.3. The standard InChI is InChI=1S/C9H18O.C7H15NO/c1-3-8-4-6-9(10-2)7-5-8;1-8-5-3-4-7(6-8)9-2/h8-9H,3-7H2,1-2H3;7H,3-6H2,1-2H3. The summed E-state index contributed by atoms with van der Waals surface area (Å²) in [4.78, 5) is 2.32. The third-order valence-corrected chi connectivity index (χ3v) is 4.62. The molecule has 0 spiro atoms. The van der Waals surface area contributed by atoms with Crippen LogP contribution < -0.4 is 0 Å². The molecule has 2 rings (SSSR count). The molecule has 0 amide bonds. The zero-order valence-electron chi connectivity index (χ0n) is 13.4. The van der Waals surface area contributed by atoms with Gasteiger partial charge in [-0.3, -0.25) is 0 Å². The fourth-order valence-corrected chi connectivity index (χ4v) is 3.09. The highest BCUT2D eigenvalue weighted by atomic mass is 16.5. The van der Waals surface area contributed by atoms with Crippen LogP contribution in [0.4, 0.5) is 0 Å². The van der Waals surface area contributed by atoms with Crippen molar-refractivity contribution in [1.82, 2.24) is 4.90 Å². The summed E-state index contributed by atoms with van der Waals surface area (Å²) in [6, 6.07) is 0. The lowest BCUT2D eigenvalue weighted by Gasteiger charge is -2.28. The normalized spacial score (nSPS) is 32.5. The molecule has 0 radical (unpaired) electrons. The summed E-state index contributed by atoms with van der Waals surface area (Å²) in [5, 5.41) is 0. The third-order valence-electron chi connectivity index (χ3n) is 4.62. The number of hydrogen-bond acceptors (Lipinski definition) is 3. The first-order valence-corrected chi connectivity index (χ1v) is 7.93. The smallest absolute Gasteiger partial charge is 0.0698 e. The first-order chi connectivity index (χ1) is 9.19. The van der Waals surface area contributed by atoms with E-state index in [2.05, 4.69) is 18.9 Å². The molecule has 1 heterocycles. The van der Waals surface area contributed by atoms with E-state index in [0.29, 0.717) is 12.2 Å². The summed E-state index contributed by atoms with van der Waals surface area (Å²) < 4.78 is 10.5. The monoisotopic (exact) mass is 271 g/mol. The molecule has 1 unspecified atom stereocenters. The predicted molar refractivity (Wildman–Crippen MR) is 80.6 cm³/mol. The molecule has 19 heavy (non-hydrogen) atoms. The third kappa shape index (κ3) is 6.73. The van der Waals surface area contributed by atoms with Gasteiger partial charge in [0.25, 0.3) is 0 Å². The zero-order valence-corrected chi connectivity index (χ0v) is 13.4. The van der Waals surface area contributed by atoms with Crippen LogP contribution >= 0.6 is 0 Å². The molecule has 1 atom stereocenters. The first-order valence-electron chi connectivity index (χ1n) is 7.93. The van der Waals surface area contributed by atoms with Crippen molar-refractivity contribution >= 4 is 0 Å². The number of hydrogen-bond donors (Lipinski definition) is 0. The van der Waals surface area contributed by atoms with Crippen LogP contribution in [0, 0.1) is 5.92 Å². The van der Waals surface area contributed by atoms with E-state index in [1.807, 2.05) is 7.11 Å². The van der Waals surface area contributed by atoms with Gasteiger partial charge in [-0.1, -0.05) is 13.3 Å². The van der Waals surface area contributed by atoms with Gasteiger partial charge in [-0.2, -0.15) is 0 Å². The van der Waals surface area contributed by atoms with Gasteiger partial charge >= 0.3 is 0 Å². The van der Waals surface area contributed by atoms with Crippen molar-refractivity contribution in [2.45, 2.75) is 64.1 Å². The number of ether oxygens (including phenoxy) is 2. The molecular weight excluding hydrogens is 238 g/mol. The molecule has 2 aliphatic rings. The second kappa shape index (κ2) is 9.73. The Bertz CT molecular complexity index is 203. The Morgan fingerprint density at radius 2 is 1.58 bits per heavy atom. The van der Waals surface area contributed by atoms with E-state index < -0.39 is 0 Å². The van der Waals surface area contributed by atoms with E-state index in [1.165, 1.54) is 51.5 Å². The Morgan fingerprint density at radius 1 is 0.947 bits per heavy atom.